The van der Waals surface area contributed by atoms with E-state index >= 15 is 0 Å². The smallest absolute Gasteiger partial charge is 0.179 e. The van der Waals surface area contributed by atoms with Gasteiger partial charge in [0.15, 0.2) is 11.5 Å². The monoisotopic (exact) mass is 309 g/mol. The van der Waals surface area contributed by atoms with Crippen molar-refractivity contribution in [3.8, 4) is 11.5 Å². The number of fused-ring (bicyclic) bond motifs is 1. The molecule has 5 heteroatoms. The molecule has 1 aliphatic carbocycles. The number of rotatable bonds is 4. The molecule has 1 saturated carbocycles. The van der Waals surface area contributed by atoms with Gasteiger partial charge in [0.05, 0.1) is 11.1 Å². The van der Waals surface area contributed by atoms with E-state index in [1.165, 1.54) is 12.8 Å². The Hall–Kier alpha value is -0.970. The fraction of sp³-hybridized carbons (Fsp3) is 0.625. The number of benzene rings is 1. The van der Waals surface area contributed by atoms with Crippen molar-refractivity contribution in [3.63, 3.8) is 0 Å². The van der Waals surface area contributed by atoms with Crippen LogP contribution in [0.2, 0.25) is 5.02 Å². The minimum atomic E-state index is 0.401. The van der Waals surface area contributed by atoms with Crippen molar-refractivity contribution in [2.45, 2.75) is 38.0 Å². The van der Waals surface area contributed by atoms with Crippen LogP contribution >= 0.6 is 11.6 Å². The number of ether oxygens (including phenoxy) is 3. The molecule has 21 heavy (non-hydrogen) atoms. The van der Waals surface area contributed by atoms with Gasteiger partial charge >= 0.3 is 0 Å². The maximum absolute atomic E-state index is 6.27. The van der Waals surface area contributed by atoms with E-state index in [0.717, 1.165) is 36.8 Å². The van der Waals surface area contributed by atoms with Crippen molar-refractivity contribution in [3.05, 3.63) is 22.7 Å². The summed E-state index contributed by atoms with van der Waals surface area (Å²) in [4.78, 5) is 0. The highest BCUT2D eigenvalue weighted by Crippen LogP contribution is 2.40. The number of halogens is 1. The van der Waals surface area contributed by atoms with E-state index in [4.69, 9.17) is 25.8 Å². The van der Waals surface area contributed by atoms with Crippen LogP contribution in [0.1, 0.15) is 24.8 Å². The highest BCUT2D eigenvalue weighted by molar-refractivity contribution is 6.32. The molecular weight excluding hydrogens is 290 g/mol. The standard InChI is InChI=1S/C16H20ClNO3/c17-12-7-10(8-14-16(12)21-6-5-19-14)9-18-13-3-4-20-15(13)11-1-2-11/h7-8,11,13,15,18H,1-6,9H2. The van der Waals surface area contributed by atoms with E-state index in [1.807, 2.05) is 12.1 Å². The highest BCUT2D eigenvalue weighted by Gasteiger charge is 2.40. The average Bonchev–Trinajstić information content (AvgIpc) is 3.24. The van der Waals surface area contributed by atoms with Gasteiger partial charge in [0.25, 0.3) is 0 Å². The normalized spacial score (nSPS) is 27.9. The van der Waals surface area contributed by atoms with E-state index in [1.54, 1.807) is 0 Å². The molecule has 2 atom stereocenters. The molecule has 1 saturated heterocycles. The summed E-state index contributed by atoms with van der Waals surface area (Å²) < 4.78 is 17.0. The largest absolute Gasteiger partial charge is 0.486 e. The Labute approximate surface area is 129 Å². The summed E-state index contributed by atoms with van der Waals surface area (Å²) >= 11 is 6.27. The van der Waals surface area contributed by atoms with Crippen LogP contribution in [0.4, 0.5) is 0 Å². The Morgan fingerprint density at radius 1 is 1.10 bits per heavy atom. The molecule has 0 aromatic heterocycles. The van der Waals surface area contributed by atoms with Crippen LogP contribution in [0.5, 0.6) is 11.5 Å². The molecule has 0 bridgehead atoms. The van der Waals surface area contributed by atoms with Crippen molar-refractivity contribution < 1.29 is 14.2 Å². The number of hydrogen-bond donors (Lipinski definition) is 1. The van der Waals surface area contributed by atoms with Gasteiger partial charge in [-0.3, -0.25) is 0 Å². The van der Waals surface area contributed by atoms with Gasteiger partial charge in [0, 0.05) is 19.2 Å². The van der Waals surface area contributed by atoms with E-state index in [-0.39, 0.29) is 0 Å². The lowest BCUT2D eigenvalue weighted by Gasteiger charge is -2.22. The van der Waals surface area contributed by atoms with E-state index in [0.29, 0.717) is 36.1 Å². The van der Waals surface area contributed by atoms with E-state index in [9.17, 15) is 0 Å². The minimum absolute atomic E-state index is 0.401. The highest BCUT2D eigenvalue weighted by atomic mass is 35.5. The van der Waals surface area contributed by atoms with Gasteiger partial charge in [-0.05, 0) is 42.9 Å². The summed E-state index contributed by atoms with van der Waals surface area (Å²) in [5.41, 5.74) is 1.13. The fourth-order valence-electron chi connectivity index (χ4n) is 3.23. The zero-order valence-electron chi connectivity index (χ0n) is 11.9. The summed E-state index contributed by atoms with van der Waals surface area (Å²) in [5, 5.41) is 4.25. The quantitative estimate of drug-likeness (QED) is 0.928. The van der Waals surface area contributed by atoms with Crippen molar-refractivity contribution >= 4 is 11.6 Å². The molecule has 4 rings (SSSR count). The fourth-order valence-corrected chi connectivity index (χ4v) is 3.52. The van der Waals surface area contributed by atoms with Crippen molar-refractivity contribution in [1.29, 1.82) is 0 Å². The molecular formula is C16H20ClNO3. The Kier molecular flexibility index (Phi) is 3.69. The van der Waals surface area contributed by atoms with Crippen LogP contribution in [0.15, 0.2) is 12.1 Å². The topological polar surface area (TPSA) is 39.7 Å². The second kappa shape index (κ2) is 5.67. The van der Waals surface area contributed by atoms with Gasteiger partial charge in [-0.15, -0.1) is 0 Å². The molecule has 0 spiro atoms. The Morgan fingerprint density at radius 3 is 2.81 bits per heavy atom. The SMILES string of the molecule is Clc1cc(CNC2CCOC2C2CC2)cc2c1OCCO2. The zero-order valence-corrected chi connectivity index (χ0v) is 12.7. The summed E-state index contributed by atoms with van der Waals surface area (Å²) in [6.45, 7) is 2.81. The molecule has 1 N–H and O–H groups in total. The molecule has 114 valence electrons. The third-order valence-corrected chi connectivity index (χ3v) is 4.73. The van der Waals surface area contributed by atoms with Crippen LogP contribution in [0.25, 0.3) is 0 Å². The molecule has 2 fully saturated rings. The first-order valence-corrected chi connectivity index (χ1v) is 8.12. The van der Waals surface area contributed by atoms with Crippen LogP contribution < -0.4 is 14.8 Å². The van der Waals surface area contributed by atoms with Gasteiger partial charge in [-0.2, -0.15) is 0 Å². The zero-order chi connectivity index (χ0) is 14.2. The summed E-state index contributed by atoms with van der Waals surface area (Å²) in [5.74, 6) is 2.20. The lowest BCUT2D eigenvalue weighted by atomic mass is 10.1. The van der Waals surface area contributed by atoms with E-state index in [2.05, 4.69) is 5.32 Å². The molecule has 0 radical (unpaired) electrons. The third-order valence-electron chi connectivity index (χ3n) is 4.45. The molecule has 0 amide bonds. The van der Waals surface area contributed by atoms with Crippen molar-refractivity contribution in [2.75, 3.05) is 19.8 Å². The van der Waals surface area contributed by atoms with Gasteiger partial charge < -0.3 is 19.5 Å². The lowest BCUT2D eigenvalue weighted by Crippen LogP contribution is -2.37. The average molecular weight is 310 g/mol. The van der Waals surface area contributed by atoms with Crippen LogP contribution in [0.3, 0.4) is 0 Å². The van der Waals surface area contributed by atoms with Gasteiger partial charge in [0.2, 0.25) is 0 Å². The van der Waals surface area contributed by atoms with Gasteiger partial charge in [-0.1, -0.05) is 11.6 Å². The third kappa shape index (κ3) is 2.85. The van der Waals surface area contributed by atoms with Crippen molar-refractivity contribution in [1.82, 2.24) is 5.32 Å². The van der Waals surface area contributed by atoms with E-state index < -0.39 is 0 Å². The first kappa shape index (κ1) is 13.7. The van der Waals surface area contributed by atoms with Crippen LogP contribution in [-0.4, -0.2) is 32.0 Å². The summed E-state index contributed by atoms with van der Waals surface area (Å²) in [6, 6.07) is 4.45. The Balaban J connectivity index is 1.43. The molecule has 4 nitrogen and oxygen atoms in total. The molecule has 2 unspecified atom stereocenters. The molecule has 2 heterocycles. The predicted octanol–water partition coefficient (Wildman–Crippen LogP) is 2.77. The molecule has 1 aromatic carbocycles. The van der Waals surface area contributed by atoms with Crippen LogP contribution in [0, 0.1) is 5.92 Å². The summed E-state index contributed by atoms with van der Waals surface area (Å²) in [7, 11) is 0. The lowest BCUT2D eigenvalue weighted by molar-refractivity contribution is 0.0808. The van der Waals surface area contributed by atoms with Gasteiger partial charge in [0.1, 0.15) is 13.2 Å². The van der Waals surface area contributed by atoms with Gasteiger partial charge in [-0.25, -0.2) is 0 Å². The maximum atomic E-state index is 6.27. The summed E-state index contributed by atoms with van der Waals surface area (Å²) in [6.07, 6.45) is 4.13. The van der Waals surface area contributed by atoms with Crippen molar-refractivity contribution in [2.24, 2.45) is 5.92 Å². The molecule has 1 aromatic rings. The molecule has 2 aliphatic heterocycles. The Bertz CT molecular complexity index is 532. The van der Waals surface area contributed by atoms with Crippen LogP contribution in [-0.2, 0) is 11.3 Å². The second-order valence-corrected chi connectivity index (χ2v) is 6.46. The predicted molar refractivity (Wildman–Crippen MR) is 80.2 cm³/mol. The first-order chi connectivity index (χ1) is 10.3. The second-order valence-electron chi connectivity index (χ2n) is 6.05. The maximum Gasteiger partial charge on any atom is 0.179 e. The molecule has 3 aliphatic rings. The minimum Gasteiger partial charge on any atom is -0.486 e. The first-order valence-electron chi connectivity index (χ1n) is 7.74. The Morgan fingerprint density at radius 2 is 1.95 bits per heavy atom. The number of hydrogen-bond acceptors (Lipinski definition) is 4. The number of nitrogens with one attached hydrogen (secondary N) is 1.